The molecule has 0 saturated heterocycles. The number of hydrogen-bond acceptors (Lipinski definition) is 7. The van der Waals surface area contributed by atoms with E-state index in [9.17, 15) is 10.1 Å². The summed E-state index contributed by atoms with van der Waals surface area (Å²) >= 11 is 3.48. The summed E-state index contributed by atoms with van der Waals surface area (Å²) in [4.78, 5) is 12.5. The van der Waals surface area contributed by atoms with Gasteiger partial charge in [0.15, 0.2) is 6.61 Å². The first-order valence-corrected chi connectivity index (χ1v) is 10.7. The molecule has 2 heterocycles. The lowest BCUT2D eigenvalue weighted by atomic mass is 9.83. The van der Waals surface area contributed by atoms with Crippen LogP contribution in [0.3, 0.4) is 0 Å². The zero-order valence-electron chi connectivity index (χ0n) is 17.8. The molecule has 9 nitrogen and oxygen atoms in total. The first-order valence-electron chi connectivity index (χ1n) is 9.90. The van der Waals surface area contributed by atoms with Gasteiger partial charge in [-0.1, -0.05) is 15.9 Å². The quantitative estimate of drug-likeness (QED) is 0.460. The summed E-state index contributed by atoms with van der Waals surface area (Å²) in [6.45, 7) is 1.60. The highest BCUT2D eigenvalue weighted by atomic mass is 79.9. The van der Waals surface area contributed by atoms with Gasteiger partial charge in [-0.25, -0.2) is 0 Å². The van der Waals surface area contributed by atoms with E-state index >= 15 is 0 Å². The molecule has 3 aromatic rings. The lowest BCUT2D eigenvalue weighted by Gasteiger charge is -2.25. The topological polar surface area (TPSA) is 135 Å². The molecule has 0 spiro atoms. The Kier molecular flexibility index (Phi) is 6.24. The average molecular weight is 510 g/mol. The molecule has 1 atom stereocenters. The molecule has 0 radical (unpaired) electrons. The summed E-state index contributed by atoms with van der Waals surface area (Å²) in [5, 5.41) is 19.6. The summed E-state index contributed by atoms with van der Waals surface area (Å²) in [6, 6.07) is 14.5. The third-order valence-corrected chi connectivity index (χ3v) is 5.64. The maximum atomic E-state index is 12.5. The van der Waals surface area contributed by atoms with E-state index in [1.54, 1.807) is 43.5 Å². The van der Waals surface area contributed by atoms with Crippen LogP contribution in [0.5, 0.6) is 17.4 Å². The Morgan fingerprint density at radius 2 is 2.09 bits per heavy atom. The Bertz CT molecular complexity index is 1280. The van der Waals surface area contributed by atoms with Crippen molar-refractivity contribution in [3.05, 3.63) is 75.2 Å². The van der Waals surface area contributed by atoms with Crippen LogP contribution in [-0.4, -0.2) is 29.8 Å². The number of nitriles is 1. The van der Waals surface area contributed by atoms with E-state index in [-0.39, 0.29) is 24.0 Å². The molecule has 0 fully saturated rings. The number of aromatic nitrogens is 2. The predicted molar refractivity (Wildman–Crippen MR) is 124 cm³/mol. The van der Waals surface area contributed by atoms with Crippen molar-refractivity contribution in [3.8, 4) is 23.4 Å². The van der Waals surface area contributed by atoms with Crippen LogP contribution in [0.15, 0.2) is 58.4 Å². The summed E-state index contributed by atoms with van der Waals surface area (Å²) < 4.78 is 17.3. The number of rotatable bonds is 6. The van der Waals surface area contributed by atoms with Gasteiger partial charge in [0.2, 0.25) is 11.8 Å². The Morgan fingerprint density at radius 1 is 1.33 bits per heavy atom. The number of fused-ring (bicyclic) bond motifs is 1. The summed E-state index contributed by atoms with van der Waals surface area (Å²) in [7, 11) is 1.57. The minimum atomic E-state index is -0.574. The summed E-state index contributed by atoms with van der Waals surface area (Å²) in [6.07, 6.45) is 0. The minimum Gasteiger partial charge on any atom is -0.497 e. The first kappa shape index (κ1) is 22.2. The van der Waals surface area contributed by atoms with Gasteiger partial charge in [-0.05, 0) is 49.4 Å². The van der Waals surface area contributed by atoms with Crippen molar-refractivity contribution in [2.45, 2.75) is 12.8 Å². The van der Waals surface area contributed by atoms with Crippen LogP contribution >= 0.6 is 15.9 Å². The number of H-pyrrole nitrogens is 1. The molecule has 2 aromatic carbocycles. The molecule has 33 heavy (non-hydrogen) atoms. The maximum absolute atomic E-state index is 12.5. The second kappa shape index (κ2) is 9.26. The number of nitrogens with one attached hydrogen (secondary N) is 2. The molecule has 1 aromatic heterocycles. The highest BCUT2D eigenvalue weighted by molar-refractivity contribution is 9.10. The van der Waals surface area contributed by atoms with Gasteiger partial charge in [0.1, 0.15) is 23.1 Å². The van der Waals surface area contributed by atoms with E-state index in [1.807, 2.05) is 13.0 Å². The number of allylic oxidation sites excluding steroid dienone is 1. The van der Waals surface area contributed by atoms with Gasteiger partial charge in [0.05, 0.1) is 13.0 Å². The number of carbonyl (C=O) groups excluding carboxylic acids is 1. The normalized spacial score (nSPS) is 14.7. The van der Waals surface area contributed by atoms with Crippen LogP contribution < -0.4 is 25.3 Å². The monoisotopic (exact) mass is 509 g/mol. The highest BCUT2D eigenvalue weighted by Crippen LogP contribution is 2.46. The Morgan fingerprint density at radius 3 is 2.79 bits per heavy atom. The maximum Gasteiger partial charge on any atom is 0.262 e. The van der Waals surface area contributed by atoms with Crippen LogP contribution in [0.25, 0.3) is 0 Å². The fourth-order valence-electron chi connectivity index (χ4n) is 3.60. The molecule has 1 unspecified atom stereocenters. The van der Waals surface area contributed by atoms with E-state index in [0.717, 1.165) is 10.2 Å². The van der Waals surface area contributed by atoms with E-state index in [4.69, 9.17) is 19.9 Å². The van der Waals surface area contributed by atoms with Crippen molar-refractivity contribution in [1.29, 1.82) is 5.26 Å². The van der Waals surface area contributed by atoms with Crippen LogP contribution in [0.4, 0.5) is 5.69 Å². The number of ether oxygens (including phenoxy) is 3. The fraction of sp³-hybridized carbons (Fsp3) is 0.174. The number of halogens is 1. The number of nitrogens with two attached hydrogens (primary N) is 1. The zero-order valence-corrected chi connectivity index (χ0v) is 19.4. The molecular formula is C23H20BrN5O4. The largest absolute Gasteiger partial charge is 0.497 e. The van der Waals surface area contributed by atoms with Crippen molar-refractivity contribution in [2.75, 3.05) is 19.0 Å². The highest BCUT2D eigenvalue weighted by Gasteiger charge is 2.36. The molecule has 4 N–H and O–H groups in total. The number of nitrogens with zero attached hydrogens (tertiary/aromatic N) is 2. The lowest BCUT2D eigenvalue weighted by molar-refractivity contribution is -0.118. The van der Waals surface area contributed by atoms with E-state index < -0.39 is 5.92 Å². The van der Waals surface area contributed by atoms with Crippen LogP contribution in [-0.2, 0) is 4.79 Å². The molecule has 0 saturated carbocycles. The predicted octanol–water partition coefficient (Wildman–Crippen LogP) is 3.72. The third kappa shape index (κ3) is 4.49. The van der Waals surface area contributed by atoms with Crippen molar-refractivity contribution < 1.29 is 19.0 Å². The summed E-state index contributed by atoms with van der Waals surface area (Å²) in [5.41, 5.74) is 8.93. The molecule has 1 amide bonds. The third-order valence-electron chi connectivity index (χ3n) is 5.14. The number of hydrogen-bond donors (Lipinski definition) is 3. The minimum absolute atomic E-state index is 0.0234. The van der Waals surface area contributed by atoms with Crippen molar-refractivity contribution in [1.82, 2.24) is 10.2 Å². The van der Waals surface area contributed by atoms with Gasteiger partial charge in [-0.15, -0.1) is 5.10 Å². The average Bonchev–Trinajstić information content (AvgIpc) is 3.17. The Labute approximate surface area is 198 Å². The lowest BCUT2D eigenvalue weighted by Crippen LogP contribution is -2.23. The second-order valence-electron chi connectivity index (χ2n) is 7.24. The van der Waals surface area contributed by atoms with Gasteiger partial charge in [-0.2, -0.15) is 5.26 Å². The second-order valence-corrected chi connectivity index (χ2v) is 8.16. The first-order chi connectivity index (χ1) is 15.9. The van der Waals surface area contributed by atoms with Crippen LogP contribution in [0.1, 0.15) is 22.7 Å². The standard InChI is InChI=1S/C23H20BrN5O4/c1-12-20-21(17(10-25)22(26)33-23(20)29-28-12)16-9-13(24)3-8-18(16)32-11-19(30)27-14-4-6-15(31-2)7-5-14/h3-9,21H,11,26H2,1-2H3,(H,27,30)(H,28,29). The van der Waals surface area contributed by atoms with Gasteiger partial charge in [0.25, 0.3) is 5.91 Å². The van der Waals surface area contributed by atoms with Gasteiger partial charge in [0, 0.05) is 27.0 Å². The molecule has 1 aliphatic rings. The number of methoxy groups -OCH3 is 1. The Hall–Kier alpha value is -3.97. The fourth-order valence-corrected chi connectivity index (χ4v) is 3.98. The van der Waals surface area contributed by atoms with E-state index in [1.165, 1.54) is 0 Å². The number of anilines is 1. The SMILES string of the molecule is COc1ccc(NC(=O)COc2ccc(Br)cc2C2C(C#N)=C(N)Oc3n[nH]c(C)c32)cc1. The van der Waals surface area contributed by atoms with Crippen LogP contribution in [0.2, 0.25) is 0 Å². The molecule has 10 heteroatoms. The van der Waals surface area contributed by atoms with Gasteiger partial charge >= 0.3 is 0 Å². The zero-order chi connectivity index (χ0) is 23.5. The van der Waals surface area contributed by atoms with Gasteiger partial charge < -0.3 is 25.3 Å². The smallest absolute Gasteiger partial charge is 0.262 e. The van der Waals surface area contributed by atoms with E-state index in [0.29, 0.717) is 34.2 Å². The molecule has 4 rings (SSSR count). The molecule has 1 aliphatic heterocycles. The molecular weight excluding hydrogens is 490 g/mol. The number of carbonyl (C=O) groups is 1. The van der Waals surface area contributed by atoms with Crippen molar-refractivity contribution >= 4 is 27.5 Å². The molecule has 168 valence electrons. The number of aromatic amines is 1. The Balaban J connectivity index is 1.61. The van der Waals surface area contributed by atoms with Crippen LogP contribution in [0, 0.1) is 18.3 Å². The van der Waals surface area contributed by atoms with Crippen molar-refractivity contribution in [2.24, 2.45) is 5.73 Å². The number of benzene rings is 2. The number of amides is 1. The molecule has 0 bridgehead atoms. The van der Waals surface area contributed by atoms with E-state index in [2.05, 4.69) is 37.5 Å². The number of aryl methyl sites for hydroxylation is 1. The van der Waals surface area contributed by atoms with Gasteiger partial charge in [-0.3, -0.25) is 9.89 Å². The molecule has 0 aliphatic carbocycles. The van der Waals surface area contributed by atoms with Crippen molar-refractivity contribution in [3.63, 3.8) is 0 Å². The summed E-state index contributed by atoms with van der Waals surface area (Å²) in [5.74, 6) is 0.491.